The van der Waals surface area contributed by atoms with Gasteiger partial charge in [0.1, 0.15) is 11.6 Å². The van der Waals surface area contributed by atoms with Gasteiger partial charge in [-0.15, -0.1) is 0 Å². The molecule has 2 aromatic heterocycles. The highest BCUT2D eigenvalue weighted by atomic mass is 35.5. The van der Waals surface area contributed by atoms with E-state index in [1.807, 2.05) is 50.5 Å². The number of aromatic nitrogens is 3. The summed E-state index contributed by atoms with van der Waals surface area (Å²) in [4.78, 5) is 13.2. The molecule has 0 saturated heterocycles. The van der Waals surface area contributed by atoms with E-state index in [9.17, 15) is 4.39 Å². The second kappa shape index (κ2) is 8.13. The van der Waals surface area contributed by atoms with Gasteiger partial charge in [0.05, 0.1) is 22.3 Å². The van der Waals surface area contributed by atoms with Crippen LogP contribution in [0.5, 0.6) is 0 Å². The van der Waals surface area contributed by atoms with E-state index < -0.39 is 0 Å². The van der Waals surface area contributed by atoms with Gasteiger partial charge >= 0.3 is 0 Å². The third-order valence-electron chi connectivity index (χ3n) is 4.91. The average molecular weight is 407 g/mol. The number of rotatable bonds is 5. The first-order valence-corrected chi connectivity index (χ1v) is 9.85. The Labute approximate surface area is 173 Å². The molecule has 0 aliphatic carbocycles. The molecule has 1 atom stereocenters. The van der Waals surface area contributed by atoms with Crippen LogP contribution in [-0.4, -0.2) is 15.0 Å². The predicted molar refractivity (Wildman–Crippen MR) is 116 cm³/mol. The van der Waals surface area contributed by atoms with E-state index in [1.165, 1.54) is 6.07 Å². The van der Waals surface area contributed by atoms with Crippen LogP contribution in [0.3, 0.4) is 0 Å². The number of pyridine rings is 1. The number of aryl methyl sites for hydroxylation is 1. The first kappa shape index (κ1) is 19.3. The Morgan fingerprint density at radius 1 is 1.00 bits per heavy atom. The molecule has 0 amide bonds. The van der Waals surface area contributed by atoms with Gasteiger partial charge < -0.3 is 5.32 Å². The van der Waals surface area contributed by atoms with E-state index in [4.69, 9.17) is 11.6 Å². The lowest BCUT2D eigenvalue weighted by molar-refractivity contribution is 0.600. The highest BCUT2D eigenvalue weighted by Gasteiger charge is 2.15. The quantitative estimate of drug-likeness (QED) is 0.427. The summed E-state index contributed by atoms with van der Waals surface area (Å²) < 4.78 is 14.2. The molecule has 4 aromatic rings. The van der Waals surface area contributed by atoms with Gasteiger partial charge in [0, 0.05) is 41.5 Å². The zero-order chi connectivity index (χ0) is 20.4. The Balaban J connectivity index is 1.76. The maximum Gasteiger partial charge on any atom is 0.128 e. The minimum Gasteiger partial charge on any atom is -0.377 e. The van der Waals surface area contributed by atoms with E-state index in [0.29, 0.717) is 10.6 Å². The van der Waals surface area contributed by atoms with E-state index in [1.54, 1.807) is 18.3 Å². The van der Waals surface area contributed by atoms with Crippen LogP contribution in [-0.2, 0) is 6.42 Å². The zero-order valence-electron chi connectivity index (χ0n) is 16.2. The Hall–Kier alpha value is -3.05. The maximum atomic E-state index is 14.2. The van der Waals surface area contributed by atoms with Gasteiger partial charge in [-0.3, -0.25) is 4.98 Å². The largest absolute Gasteiger partial charge is 0.377 e. The molecule has 0 saturated carbocycles. The summed E-state index contributed by atoms with van der Waals surface area (Å²) in [5.74, 6) is 0.552. The number of nitrogens with one attached hydrogen (secondary N) is 1. The minimum atomic E-state index is -0.268. The van der Waals surface area contributed by atoms with Crippen molar-refractivity contribution in [2.75, 3.05) is 5.32 Å². The lowest BCUT2D eigenvalue weighted by Gasteiger charge is -2.19. The SMILES string of the molecule is CCc1ncc(-c2ccc3ncc(Cl)c(N[C@H](C)c4ccccc4F)c3c2)cn1. The number of fused-ring (bicyclic) bond motifs is 1. The summed E-state index contributed by atoms with van der Waals surface area (Å²) in [6, 6.07) is 12.4. The Morgan fingerprint density at radius 3 is 2.48 bits per heavy atom. The van der Waals surface area contributed by atoms with Crippen molar-refractivity contribution < 1.29 is 4.39 Å². The van der Waals surface area contributed by atoms with E-state index in [-0.39, 0.29) is 11.9 Å². The summed E-state index contributed by atoms with van der Waals surface area (Å²) in [6.07, 6.45) is 6.04. The van der Waals surface area contributed by atoms with Crippen LogP contribution in [0, 0.1) is 5.82 Å². The predicted octanol–water partition coefficient (Wildman–Crippen LogP) is 6.22. The van der Waals surface area contributed by atoms with Crippen LogP contribution in [0.4, 0.5) is 10.1 Å². The second-order valence-electron chi connectivity index (χ2n) is 6.84. The molecule has 2 heterocycles. The van der Waals surface area contributed by atoms with E-state index >= 15 is 0 Å². The Morgan fingerprint density at radius 2 is 1.76 bits per heavy atom. The molecule has 0 spiro atoms. The minimum absolute atomic E-state index is 0.254. The smallest absolute Gasteiger partial charge is 0.128 e. The average Bonchev–Trinajstić information content (AvgIpc) is 2.75. The molecule has 4 rings (SSSR count). The van der Waals surface area contributed by atoms with Crippen LogP contribution in [0.1, 0.15) is 31.3 Å². The molecule has 0 unspecified atom stereocenters. The molecular formula is C23H20ClFN4. The summed E-state index contributed by atoms with van der Waals surface area (Å²) in [6.45, 7) is 3.93. The molecule has 0 fully saturated rings. The van der Waals surface area contributed by atoms with Crippen molar-refractivity contribution in [2.45, 2.75) is 26.3 Å². The first-order chi connectivity index (χ1) is 14.1. The first-order valence-electron chi connectivity index (χ1n) is 9.47. The molecule has 2 aromatic carbocycles. The van der Waals surface area contributed by atoms with Gasteiger partial charge in [-0.25, -0.2) is 14.4 Å². The summed E-state index contributed by atoms with van der Waals surface area (Å²) in [5.41, 5.74) is 3.98. The van der Waals surface area contributed by atoms with E-state index in [0.717, 1.165) is 40.0 Å². The summed E-state index contributed by atoms with van der Waals surface area (Å²) in [7, 11) is 0. The fourth-order valence-electron chi connectivity index (χ4n) is 3.30. The maximum absolute atomic E-state index is 14.2. The third-order valence-corrected chi connectivity index (χ3v) is 5.20. The van der Waals surface area contributed by atoms with Crippen molar-refractivity contribution in [1.29, 1.82) is 0 Å². The van der Waals surface area contributed by atoms with Crippen molar-refractivity contribution in [3.05, 3.63) is 83.3 Å². The van der Waals surface area contributed by atoms with Gasteiger partial charge in [-0.05, 0) is 30.7 Å². The fourth-order valence-corrected chi connectivity index (χ4v) is 3.51. The second-order valence-corrected chi connectivity index (χ2v) is 7.25. The van der Waals surface area contributed by atoms with Crippen molar-refractivity contribution in [3.63, 3.8) is 0 Å². The zero-order valence-corrected chi connectivity index (χ0v) is 16.9. The van der Waals surface area contributed by atoms with Gasteiger partial charge in [-0.2, -0.15) is 0 Å². The summed E-state index contributed by atoms with van der Waals surface area (Å²) in [5, 5.41) is 4.70. The topological polar surface area (TPSA) is 50.7 Å². The van der Waals surface area contributed by atoms with Crippen molar-refractivity contribution >= 4 is 28.2 Å². The molecule has 1 N–H and O–H groups in total. The number of hydrogen-bond donors (Lipinski definition) is 1. The van der Waals surface area contributed by atoms with Gasteiger partial charge in [-0.1, -0.05) is 42.8 Å². The summed E-state index contributed by atoms with van der Waals surface area (Å²) >= 11 is 6.47. The molecule has 0 aliphatic heterocycles. The van der Waals surface area contributed by atoms with Crippen molar-refractivity contribution in [3.8, 4) is 11.1 Å². The molecule has 6 heteroatoms. The van der Waals surface area contributed by atoms with Crippen molar-refractivity contribution in [1.82, 2.24) is 15.0 Å². The molecular weight excluding hydrogens is 387 g/mol. The highest BCUT2D eigenvalue weighted by Crippen LogP contribution is 2.35. The normalized spacial score (nSPS) is 12.1. The highest BCUT2D eigenvalue weighted by molar-refractivity contribution is 6.34. The lowest BCUT2D eigenvalue weighted by Crippen LogP contribution is -2.09. The Bertz CT molecular complexity index is 1160. The number of nitrogens with zero attached hydrogens (tertiary/aromatic N) is 3. The molecule has 146 valence electrons. The number of halogens is 2. The molecule has 4 nitrogen and oxygen atoms in total. The van der Waals surface area contributed by atoms with Crippen LogP contribution in [0.2, 0.25) is 5.02 Å². The van der Waals surface area contributed by atoms with Gasteiger partial charge in [0.2, 0.25) is 0 Å². The standard InChI is InChI=1S/C23H20ClFN4/c1-3-22-27-11-16(12-28-22)15-8-9-21-18(10-15)23(19(24)13-26-21)29-14(2)17-6-4-5-7-20(17)25/h4-14H,3H2,1-2H3,(H,26,29)/t14-/m1/s1. The van der Waals surface area contributed by atoms with Gasteiger partial charge in [0.15, 0.2) is 0 Å². The Kier molecular flexibility index (Phi) is 5.41. The van der Waals surface area contributed by atoms with Crippen LogP contribution in [0.15, 0.2) is 61.1 Å². The van der Waals surface area contributed by atoms with Crippen LogP contribution < -0.4 is 5.32 Å². The number of anilines is 1. The van der Waals surface area contributed by atoms with Crippen LogP contribution in [0.25, 0.3) is 22.0 Å². The van der Waals surface area contributed by atoms with Gasteiger partial charge in [0.25, 0.3) is 0 Å². The van der Waals surface area contributed by atoms with E-state index in [2.05, 4.69) is 20.3 Å². The lowest BCUT2D eigenvalue weighted by atomic mass is 10.0. The number of benzene rings is 2. The number of hydrogen-bond acceptors (Lipinski definition) is 4. The third kappa shape index (κ3) is 3.91. The molecule has 0 radical (unpaired) electrons. The molecule has 0 aliphatic rings. The molecule has 0 bridgehead atoms. The van der Waals surface area contributed by atoms with Crippen molar-refractivity contribution in [2.24, 2.45) is 0 Å². The monoisotopic (exact) mass is 406 g/mol. The fraction of sp³-hybridized carbons (Fsp3) is 0.174. The molecule has 29 heavy (non-hydrogen) atoms. The van der Waals surface area contributed by atoms with Crippen LogP contribution >= 0.6 is 11.6 Å².